The van der Waals surface area contributed by atoms with Crippen LogP contribution in [0.1, 0.15) is 38.3 Å². The van der Waals surface area contributed by atoms with Gasteiger partial charge in [0.1, 0.15) is 17.9 Å². The van der Waals surface area contributed by atoms with Gasteiger partial charge in [-0.15, -0.1) is 0 Å². The van der Waals surface area contributed by atoms with E-state index in [0.29, 0.717) is 36.3 Å². The molecule has 0 atom stereocenters. The van der Waals surface area contributed by atoms with Crippen molar-refractivity contribution < 1.29 is 33.0 Å². The summed E-state index contributed by atoms with van der Waals surface area (Å²) in [6.07, 6.45) is -4.21. The zero-order valence-electron chi connectivity index (χ0n) is 19.6. The van der Waals surface area contributed by atoms with E-state index in [1.54, 1.807) is 0 Å². The van der Waals surface area contributed by atoms with E-state index in [1.165, 1.54) is 16.7 Å². The van der Waals surface area contributed by atoms with Crippen LogP contribution < -0.4 is 10.9 Å². The molecular weight excluding hydrogens is 491 g/mol. The monoisotopic (exact) mass is 515 g/mol. The highest BCUT2D eigenvalue weighted by Gasteiger charge is 2.31. The largest absolute Gasteiger partial charge is 0.507 e. The van der Waals surface area contributed by atoms with Crippen molar-refractivity contribution in [3.8, 4) is 5.75 Å². The van der Waals surface area contributed by atoms with Gasteiger partial charge >= 0.3 is 12.1 Å². The topological polar surface area (TPSA) is 112 Å². The van der Waals surface area contributed by atoms with E-state index >= 15 is 0 Å². The number of nitrogens with one attached hydrogen (secondary N) is 1. The van der Waals surface area contributed by atoms with Gasteiger partial charge in [0.2, 0.25) is 0 Å². The highest BCUT2D eigenvalue weighted by atomic mass is 19.4. The van der Waals surface area contributed by atoms with Crippen molar-refractivity contribution in [1.29, 1.82) is 0 Å². The van der Waals surface area contributed by atoms with E-state index in [0.717, 1.165) is 17.7 Å². The molecule has 3 aromatic rings. The van der Waals surface area contributed by atoms with Crippen LogP contribution >= 0.6 is 0 Å². The van der Waals surface area contributed by atoms with Gasteiger partial charge in [-0.2, -0.15) is 13.2 Å². The molecule has 194 valence electrons. The fourth-order valence-corrected chi connectivity index (χ4v) is 4.39. The van der Waals surface area contributed by atoms with Gasteiger partial charge in [-0.3, -0.25) is 19.3 Å². The Kier molecular flexibility index (Phi) is 7.35. The second-order valence-corrected chi connectivity index (χ2v) is 8.76. The average molecular weight is 515 g/mol. The van der Waals surface area contributed by atoms with E-state index in [1.807, 2.05) is 30.3 Å². The van der Waals surface area contributed by atoms with Gasteiger partial charge in [-0.05, 0) is 29.7 Å². The molecule has 0 unspecified atom stereocenters. The maximum absolute atomic E-state index is 13.4. The molecule has 0 saturated carbocycles. The van der Waals surface area contributed by atoms with Crippen molar-refractivity contribution in [2.75, 3.05) is 13.1 Å². The number of rotatable bonds is 7. The third-order valence-corrected chi connectivity index (χ3v) is 6.21. The lowest BCUT2D eigenvalue weighted by Crippen LogP contribution is -2.41. The SMILES string of the molecule is O=C(O)CNC(=O)c1c(O)c2c(n(Cc3ccc(C(F)(F)F)cc3)c1=O)CN(Cc1ccccc1)CC2. The van der Waals surface area contributed by atoms with E-state index in [4.69, 9.17) is 5.11 Å². The van der Waals surface area contributed by atoms with Crippen LogP contribution in [0.2, 0.25) is 0 Å². The highest BCUT2D eigenvalue weighted by Crippen LogP contribution is 2.31. The zero-order valence-corrected chi connectivity index (χ0v) is 19.6. The molecule has 0 radical (unpaired) electrons. The van der Waals surface area contributed by atoms with Gasteiger partial charge in [-0.1, -0.05) is 42.5 Å². The van der Waals surface area contributed by atoms with Crippen LogP contribution in [0.15, 0.2) is 59.4 Å². The van der Waals surface area contributed by atoms with Gasteiger partial charge < -0.3 is 20.1 Å². The number of aromatic nitrogens is 1. The van der Waals surface area contributed by atoms with Crippen LogP contribution in [0.4, 0.5) is 13.2 Å². The summed E-state index contributed by atoms with van der Waals surface area (Å²) < 4.78 is 40.3. The summed E-state index contributed by atoms with van der Waals surface area (Å²) in [7, 11) is 0. The average Bonchev–Trinajstić information content (AvgIpc) is 2.85. The first-order valence-electron chi connectivity index (χ1n) is 11.4. The van der Waals surface area contributed by atoms with Gasteiger partial charge in [0, 0.05) is 30.9 Å². The quantitative estimate of drug-likeness (QED) is 0.446. The first-order chi connectivity index (χ1) is 17.5. The lowest BCUT2D eigenvalue weighted by atomic mass is 9.99. The number of hydrogen-bond donors (Lipinski definition) is 3. The summed E-state index contributed by atoms with van der Waals surface area (Å²) >= 11 is 0. The van der Waals surface area contributed by atoms with Gasteiger partial charge in [0.25, 0.3) is 11.5 Å². The Hall–Kier alpha value is -4.12. The maximum Gasteiger partial charge on any atom is 0.416 e. The van der Waals surface area contributed by atoms with Crippen molar-refractivity contribution in [3.63, 3.8) is 0 Å². The molecule has 1 aliphatic rings. The summed E-state index contributed by atoms with van der Waals surface area (Å²) in [6, 6.07) is 13.9. The molecule has 0 aliphatic carbocycles. The summed E-state index contributed by atoms with van der Waals surface area (Å²) in [5.41, 5.74) is -0.0460. The summed E-state index contributed by atoms with van der Waals surface area (Å²) in [6.45, 7) is 0.446. The van der Waals surface area contributed by atoms with Crippen LogP contribution in [-0.4, -0.2) is 44.6 Å². The van der Waals surface area contributed by atoms with E-state index in [9.17, 15) is 32.7 Å². The first-order valence-corrected chi connectivity index (χ1v) is 11.4. The normalized spacial score (nSPS) is 13.7. The number of carboxylic acids is 1. The van der Waals surface area contributed by atoms with E-state index in [2.05, 4.69) is 10.2 Å². The molecule has 1 aliphatic heterocycles. The van der Waals surface area contributed by atoms with E-state index < -0.39 is 47.0 Å². The summed E-state index contributed by atoms with van der Waals surface area (Å²) in [5, 5.41) is 21.8. The standard InChI is InChI=1S/C26H24F3N3O5/c27-26(28,29)18-8-6-17(7-9-18)14-32-20-15-31(13-16-4-2-1-3-5-16)11-10-19(20)23(35)22(25(32)37)24(36)30-12-21(33)34/h1-9,35H,10-15H2,(H,30,36)(H,33,34). The summed E-state index contributed by atoms with van der Waals surface area (Å²) in [5.74, 6) is -2.88. The van der Waals surface area contributed by atoms with Gasteiger partial charge in [-0.25, -0.2) is 0 Å². The number of carbonyl (C=O) groups is 2. The molecule has 8 nitrogen and oxygen atoms in total. The highest BCUT2D eigenvalue weighted by molar-refractivity contribution is 5.98. The fraction of sp³-hybridized carbons (Fsp3) is 0.269. The Morgan fingerprint density at radius 2 is 1.62 bits per heavy atom. The van der Waals surface area contributed by atoms with Crippen molar-refractivity contribution in [3.05, 3.63) is 98.5 Å². The van der Waals surface area contributed by atoms with Crippen LogP contribution in [-0.2, 0) is 37.0 Å². The smallest absolute Gasteiger partial charge is 0.416 e. The Labute approximate surface area is 209 Å². The van der Waals surface area contributed by atoms with Crippen LogP contribution in [0.25, 0.3) is 0 Å². The van der Waals surface area contributed by atoms with Crippen molar-refractivity contribution >= 4 is 11.9 Å². The number of amides is 1. The zero-order chi connectivity index (χ0) is 26.7. The molecule has 3 N–H and O–H groups in total. The molecule has 0 saturated heterocycles. The van der Waals surface area contributed by atoms with Crippen LogP contribution in [0.3, 0.4) is 0 Å². The van der Waals surface area contributed by atoms with Crippen molar-refractivity contribution in [1.82, 2.24) is 14.8 Å². The molecule has 11 heteroatoms. The van der Waals surface area contributed by atoms with Crippen molar-refractivity contribution in [2.45, 2.75) is 32.2 Å². The Balaban J connectivity index is 1.75. The molecule has 2 aromatic carbocycles. The minimum absolute atomic E-state index is 0.141. The third kappa shape index (κ3) is 5.83. The first kappa shape index (κ1) is 26.0. The number of carbonyl (C=O) groups excluding carboxylic acids is 1. The number of fused-ring (bicyclic) bond motifs is 1. The predicted molar refractivity (Wildman–Crippen MR) is 127 cm³/mol. The summed E-state index contributed by atoms with van der Waals surface area (Å²) in [4.78, 5) is 39.0. The molecule has 2 heterocycles. The molecule has 1 amide bonds. The maximum atomic E-state index is 13.4. The van der Waals surface area contributed by atoms with Crippen LogP contribution in [0.5, 0.6) is 5.75 Å². The van der Waals surface area contributed by atoms with Crippen LogP contribution in [0, 0.1) is 0 Å². The minimum atomic E-state index is -4.51. The van der Waals surface area contributed by atoms with E-state index in [-0.39, 0.29) is 13.1 Å². The number of aliphatic carboxylic acids is 1. The molecule has 1 aromatic heterocycles. The predicted octanol–water partition coefficient (Wildman–Crippen LogP) is 2.99. The molecule has 0 bridgehead atoms. The molecule has 4 rings (SSSR count). The number of carboxylic acid groups (broad SMARTS) is 1. The number of pyridine rings is 1. The third-order valence-electron chi connectivity index (χ3n) is 6.21. The van der Waals surface area contributed by atoms with Gasteiger partial charge in [0.15, 0.2) is 0 Å². The lowest BCUT2D eigenvalue weighted by Gasteiger charge is -2.32. The number of benzene rings is 2. The second kappa shape index (κ2) is 10.5. The molecular formula is C26H24F3N3O5. The van der Waals surface area contributed by atoms with Gasteiger partial charge in [0.05, 0.1) is 12.1 Å². The Morgan fingerprint density at radius 3 is 2.24 bits per heavy atom. The number of nitrogens with zero attached hydrogens (tertiary/aromatic N) is 2. The number of halogens is 3. The second-order valence-electron chi connectivity index (χ2n) is 8.76. The fourth-order valence-electron chi connectivity index (χ4n) is 4.39. The molecule has 0 fully saturated rings. The Bertz CT molecular complexity index is 1370. The number of alkyl halides is 3. The van der Waals surface area contributed by atoms with Crippen molar-refractivity contribution in [2.24, 2.45) is 0 Å². The number of hydrogen-bond acceptors (Lipinski definition) is 5. The number of aromatic hydroxyl groups is 1. The minimum Gasteiger partial charge on any atom is -0.507 e. The molecule has 37 heavy (non-hydrogen) atoms. The Morgan fingerprint density at radius 1 is 0.973 bits per heavy atom. The lowest BCUT2D eigenvalue weighted by molar-refractivity contribution is -0.138. The molecule has 0 spiro atoms.